The molecule has 1 saturated heterocycles. The number of thiazole rings is 1. The molecule has 0 aliphatic carbocycles. The fourth-order valence-electron chi connectivity index (χ4n) is 5.69. The summed E-state index contributed by atoms with van der Waals surface area (Å²) in [5.74, 6) is 1.85. The molecule has 1 unspecified atom stereocenters. The molecule has 2 bridgehead atoms. The second kappa shape index (κ2) is 10.6. The third kappa shape index (κ3) is 4.52. The molecule has 2 amide bonds. The molecule has 1 fully saturated rings. The van der Waals surface area contributed by atoms with Crippen molar-refractivity contribution in [2.24, 2.45) is 0 Å². The fourth-order valence-corrected chi connectivity index (χ4v) is 13.7. The Morgan fingerprint density at radius 2 is 1.49 bits per heavy atom. The van der Waals surface area contributed by atoms with E-state index in [0.717, 1.165) is 10.6 Å². The summed E-state index contributed by atoms with van der Waals surface area (Å²) in [7, 11) is -4.87. The molecule has 0 spiro atoms. The van der Waals surface area contributed by atoms with Crippen molar-refractivity contribution in [1.82, 2.24) is 14.9 Å². The van der Waals surface area contributed by atoms with Crippen LogP contribution in [-0.2, 0) is 18.7 Å². The van der Waals surface area contributed by atoms with Crippen molar-refractivity contribution in [3.05, 3.63) is 126 Å². The average molecular weight is 606 g/mol. The average Bonchev–Trinajstić information content (AvgIpc) is 3.62. The molecule has 1 atom stereocenters. The number of allylic oxidation sites excluding steroid dienone is 1. The summed E-state index contributed by atoms with van der Waals surface area (Å²) >= 11 is 1.43. The monoisotopic (exact) mass is 605 g/mol. The summed E-state index contributed by atoms with van der Waals surface area (Å²) in [6.07, 6.45) is 3.69. The second-order valence-electron chi connectivity index (χ2n) is 9.71. The van der Waals surface area contributed by atoms with Crippen LogP contribution >= 0.6 is 18.2 Å². The first-order valence-corrected chi connectivity index (χ1v) is 17.5. The van der Waals surface area contributed by atoms with E-state index in [9.17, 15) is 13.2 Å². The summed E-state index contributed by atoms with van der Waals surface area (Å²) in [4.78, 5) is 19.2. The van der Waals surface area contributed by atoms with Crippen molar-refractivity contribution in [3.63, 3.8) is 0 Å². The Morgan fingerprint density at radius 3 is 1.98 bits per heavy atom. The first kappa shape index (κ1) is 27.5. The summed E-state index contributed by atoms with van der Waals surface area (Å²) in [5, 5.41) is 4.78. The number of nitrogens with zero attached hydrogens (tertiary/aromatic N) is 3. The molecule has 8 nitrogen and oxygen atoms in total. The van der Waals surface area contributed by atoms with Gasteiger partial charge in [-0.2, -0.15) is 0 Å². The molecule has 210 valence electrons. The van der Waals surface area contributed by atoms with Crippen molar-refractivity contribution < 1.29 is 21.5 Å². The van der Waals surface area contributed by atoms with Crippen molar-refractivity contribution in [3.8, 4) is 0 Å². The Hall–Kier alpha value is -3.66. The molecule has 2 aliphatic heterocycles. The van der Waals surface area contributed by atoms with Crippen LogP contribution in [0.2, 0.25) is 0 Å². The number of carbonyl (C=O) groups excluding carboxylic acids is 1. The van der Waals surface area contributed by atoms with Crippen LogP contribution in [0.5, 0.6) is 0 Å². The zero-order valence-corrected chi connectivity index (χ0v) is 24.7. The molecule has 6 rings (SSSR count). The van der Waals surface area contributed by atoms with Crippen LogP contribution in [0.1, 0.15) is 12.6 Å². The first-order chi connectivity index (χ1) is 19.9. The summed E-state index contributed by atoms with van der Waals surface area (Å²) < 4.78 is 40.7. The van der Waals surface area contributed by atoms with Gasteiger partial charge in [0.15, 0.2) is 0 Å². The standard InChI is InChI=1S/C30H28N3O5PS2/c1-2-20-39(24-12-6-3-7-13-24,25-14-8-4-9-15-25,26-16-10-5-11-17-26)38-41(35,36)37-33-29-21-32(30(33)34)19-18-27(29)28-22-40-23-31-28/h2-18,20,22-23,29H,19,21H2,1H3. The van der Waals surface area contributed by atoms with Gasteiger partial charge < -0.3 is 0 Å². The van der Waals surface area contributed by atoms with Crippen LogP contribution in [0.15, 0.2) is 120 Å². The third-order valence-corrected chi connectivity index (χ3v) is 15.1. The van der Waals surface area contributed by atoms with Crippen LogP contribution in [0.3, 0.4) is 0 Å². The Bertz CT molecular complexity index is 1610. The molecular formula is C30H28N3O5PS2. The van der Waals surface area contributed by atoms with E-state index in [1.54, 1.807) is 5.51 Å². The molecular weight excluding hydrogens is 577 g/mol. The van der Waals surface area contributed by atoms with Crippen LogP contribution in [0.25, 0.3) is 5.57 Å². The van der Waals surface area contributed by atoms with Gasteiger partial charge >= 0.3 is 244 Å². The van der Waals surface area contributed by atoms with Crippen molar-refractivity contribution in [2.75, 3.05) is 13.1 Å². The number of benzene rings is 3. The van der Waals surface area contributed by atoms with Gasteiger partial charge in [0.2, 0.25) is 0 Å². The number of fused-ring (bicyclic) bond motifs is 2. The molecule has 3 aromatic carbocycles. The van der Waals surface area contributed by atoms with Crippen molar-refractivity contribution in [2.45, 2.75) is 13.0 Å². The molecule has 3 heterocycles. The summed E-state index contributed by atoms with van der Waals surface area (Å²) in [6.45, 7) is -1.96. The van der Waals surface area contributed by atoms with Crippen molar-refractivity contribution in [1.29, 1.82) is 0 Å². The Balaban J connectivity index is 1.52. The zero-order chi connectivity index (χ0) is 28.5. The maximum absolute atomic E-state index is 14.2. The molecule has 11 heteroatoms. The number of aromatic nitrogens is 1. The van der Waals surface area contributed by atoms with E-state index in [1.165, 1.54) is 16.2 Å². The van der Waals surface area contributed by atoms with Gasteiger partial charge in [-0.15, -0.1) is 0 Å². The van der Waals surface area contributed by atoms with Crippen LogP contribution in [-0.4, -0.2) is 48.5 Å². The normalized spacial score (nSPS) is 18.4. The number of hydroxylamine groups is 2. The quantitative estimate of drug-likeness (QED) is 0.254. The van der Waals surface area contributed by atoms with E-state index in [1.807, 2.05) is 121 Å². The number of urea groups is 1. The molecule has 4 aromatic rings. The number of carbonyl (C=O) groups is 1. The summed E-state index contributed by atoms with van der Waals surface area (Å²) in [6, 6.07) is 26.8. The van der Waals surface area contributed by atoms with Gasteiger partial charge in [-0.3, -0.25) is 0 Å². The number of rotatable bonds is 9. The minimum absolute atomic E-state index is 0.284. The van der Waals surface area contributed by atoms with Gasteiger partial charge in [0.25, 0.3) is 0 Å². The first-order valence-electron chi connectivity index (χ1n) is 13.0. The van der Waals surface area contributed by atoms with E-state index in [-0.39, 0.29) is 6.54 Å². The van der Waals surface area contributed by atoms with Gasteiger partial charge in [-0.05, 0) is 0 Å². The second-order valence-corrected chi connectivity index (χ2v) is 16.0. The third-order valence-electron chi connectivity index (χ3n) is 7.41. The summed E-state index contributed by atoms with van der Waals surface area (Å²) in [5.41, 5.74) is 3.13. The van der Waals surface area contributed by atoms with Crippen LogP contribution < -0.4 is 15.9 Å². The van der Waals surface area contributed by atoms with E-state index >= 15 is 0 Å². The van der Waals surface area contributed by atoms with Crippen LogP contribution in [0.4, 0.5) is 4.79 Å². The molecule has 0 radical (unpaired) electrons. The SMILES string of the molecule is CC=CP(OS(=O)(=O)ON1C(=O)N2CC=C(c3cscn3)C1C2)(c1ccccc1)(c1ccccc1)c1ccccc1. The van der Waals surface area contributed by atoms with Gasteiger partial charge in [0, 0.05) is 0 Å². The van der Waals surface area contributed by atoms with Gasteiger partial charge in [0.05, 0.1) is 0 Å². The Morgan fingerprint density at radius 1 is 0.927 bits per heavy atom. The Kier molecular flexibility index (Phi) is 7.13. The molecule has 2 aliphatic rings. The number of hydrogen-bond donors (Lipinski definition) is 0. The van der Waals surface area contributed by atoms with Crippen LogP contribution in [0, 0.1) is 0 Å². The van der Waals surface area contributed by atoms with E-state index in [4.69, 9.17) is 8.25 Å². The molecule has 1 aromatic heterocycles. The number of hydrogen-bond acceptors (Lipinski definition) is 7. The fraction of sp³-hybridized carbons (Fsp3) is 0.133. The zero-order valence-electron chi connectivity index (χ0n) is 22.2. The minimum atomic E-state index is -4.87. The van der Waals surface area contributed by atoms with Gasteiger partial charge in [-0.1, -0.05) is 0 Å². The molecule has 0 saturated carbocycles. The molecule has 0 N–H and O–H groups in total. The van der Waals surface area contributed by atoms with Gasteiger partial charge in [-0.25, -0.2) is 0 Å². The van der Waals surface area contributed by atoms with Gasteiger partial charge in [0.1, 0.15) is 0 Å². The van der Waals surface area contributed by atoms with E-state index in [0.29, 0.717) is 28.2 Å². The van der Waals surface area contributed by atoms with E-state index < -0.39 is 29.3 Å². The van der Waals surface area contributed by atoms with E-state index in [2.05, 4.69) is 4.98 Å². The Labute approximate surface area is 243 Å². The predicted octanol–water partition coefficient (Wildman–Crippen LogP) is 4.82. The van der Waals surface area contributed by atoms with Crippen molar-refractivity contribution >= 4 is 56.1 Å². The predicted molar refractivity (Wildman–Crippen MR) is 164 cm³/mol. The maximum atomic E-state index is 14.2. The topological polar surface area (TPSA) is 89.0 Å². The number of amides is 2. The molecule has 41 heavy (non-hydrogen) atoms.